The molecule has 0 unspecified atom stereocenters. The van der Waals surface area contributed by atoms with Gasteiger partial charge in [-0.2, -0.15) is 0 Å². The van der Waals surface area contributed by atoms with Crippen molar-refractivity contribution in [2.24, 2.45) is 0 Å². The number of ether oxygens (including phenoxy) is 1. The first-order valence-corrected chi connectivity index (χ1v) is 11.7. The van der Waals surface area contributed by atoms with E-state index in [0.717, 1.165) is 33.3 Å². The molecule has 4 aromatic rings. The number of benzene rings is 1. The smallest absolute Gasteiger partial charge is 0.253 e. The van der Waals surface area contributed by atoms with Crippen LogP contribution in [-0.2, 0) is 11.3 Å². The molecular weight excluding hydrogens is 444 g/mol. The van der Waals surface area contributed by atoms with Gasteiger partial charge in [0, 0.05) is 68.5 Å². The third-order valence-corrected chi connectivity index (χ3v) is 6.67. The SMILES string of the molecule is COCCn1cnc2cc(C(=O)N(C)C[C@@]3(O)CCN(c4cc(C)nc5ccncc45)C3)ccc21. The van der Waals surface area contributed by atoms with E-state index in [4.69, 9.17) is 4.74 Å². The van der Waals surface area contributed by atoms with E-state index in [1.807, 2.05) is 42.0 Å². The first kappa shape index (κ1) is 23.2. The first-order valence-electron chi connectivity index (χ1n) is 11.7. The Balaban J connectivity index is 1.30. The monoisotopic (exact) mass is 474 g/mol. The van der Waals surface area contributed by atoms with E-state index in [2.05, 4.69) is 19.9 Å². The number of aryl methyl sites for hydroxylation is 1. The number of fused-ring (bicyclic) bond motifs is 2. The predicted octanol–water partition coefficient (Wildman–Crippen LogP) is 2.65. The highest BCUT2D eigenvalue weighted by Gasteiger charge is 2.38. The standard InChI is InChI=1S/C26H30N6O3/c1-18-12-24(20-14-27-8-6-21(20)29-18)31-9-7-26(34,16-31)15-30(2)25(33)19-4-5-23-22(13-19)28-17-32(23)10-11-35-3/h4-6,8,12-14,17,34H,7,9-11,15-16H2,1-3H3/t26-/m0/s1. The number of imidazole rings is 1. The van der Waals surface area contributed by atoms with Crippen LogP contribution in [0.4, 0.5) is 5.69 Å². The zero-order valence-corrected chi connectivity index (χ0v) is 20.3. The molecule has 35 heavy (non-hydrogen) atoms. The Morgan fingerprint density at radius 1 is 1.26 bits per heavy atom. The van der Waals surface area contributed by atoms with Crippen LogP contribution in [0.3, 0.4) is 0 Å². The average Bonchev–Trinajstić information content (AvgIpc) is 3.44. The second kappa shape index (κ2) is 9.24. The lowest BCUT2D eigenvalue weighted by Crippen LogP contribution is -2.45. The molecule has 1 aliphatic rings. The van der Waals surface area contributed by atoms with Crippen molar-refractivity contribution in [3.05, 3.63) is 60.3 Å². The maximum Gasteiger partial charge on any atom is 0.253 e. The van der Waals surface area contributed by atoms with E-state index in [9.17, 15) is 9.90 Å². The quantitative estimate of drug-likeness (QED) is 0.440. The molecular formula is C26H30N6O3. The third-order valence-electron chi connectivity index (χ3n) is 6.67. The summed E-state index contributed by atoms with van der Waals surface area (Å²) in [5, 5.41) is 12.4. The second-order valence-electron chi connectivity index (χ2n) is 9.37. The van der Waals surface area contributed by atoms with Crippen LogP contribution in [-0.4, -0.2) is 81.4 Å². The van der Waals surface area contributed by atoms with Gasteiger partial charge in [0.05, 0.1) is 36.0 Å². The van der Waals surface area contributed by atoms with Crippen molar-refractivity contribution in [1.29, 1.82) is 0 Å². The van der Waals surface area contributed by atoms with Gasteiger partial charge in [-0.1, -0.05) is 0 Å². The Hall–Kier alpha value is -3.56. The number of carbonyl (C=O) groups excluding carboxylic acids is 1. The van der Waals surface area contributed by atoms with Crippen molar-refractivity contribution >= 4 is 33.5 Å². The lowest BCUT2D eigenvalue weighted by molar-refractivity contribution is 0.0265. The fraction of sp³-hybridized carbons (Fsp3) is 0.385. The summed E-state index contributed by atoms with van der Waals surface area (Å²) in [7, 11) is 3.40. The molecule has 1 aliphatic heterocycles. The molecule has 3 aromatic heterocycles. The van der Waals surface area contributed by atoms with Crippen LogP contribution in [0, 0.1) is 6.92 Å². The van der Waals surface area contributed by atoms with Crippen LogP contribution < -0.4 is 4.90 Å². The molecule has 1 fully saturated rings. The zero-order chi connectivity index (χ0) is 24.6. The average molecular weight is 475 g/mol. The molecule has 1 saturated heterocycles. The molecule has 0 radical (unpaired) electrons. The highest BCUT2D eigenvalue weighted by molar-refractivity contribution is 5.97. The molecule has 1 atom stereocenters. The van der Waals surface area contributed by atoms with Crippen molar-refractivity contribution in [3.63, 3.8) is 0 Å². The summed E-state index contributed by atoms with van der Waals surface area (Å²) in [6.45, 7) is 4.62. The van der Waals surface area contributed by atoms with Crippen LogP contribution >= 0.6 is 0 Å². The number of amides is 1. The number of rotatable bonds is 7. The summed E-state index contributed by atoms with van der Waals surface area (Å²) in [4.78, 5) is 30.2. The van der Waals surface area contributed by atoms with Crippen LogP contribution in [0.2, 0.25) is 0 Å². The molecule has 0 spiro atoms. The molecule has 1 N–H and O–H groups in total. The number of aliphatic hydroxyl groups is 1. The number of nitrogens with zero attached hydrogens (tertiary/aromatic N) is 6. The van der Waals surface area contributed by atoms with E-state index < -0.39 is 5.60 Å². The molecule has 9 heteroatoms. The van der Waals surface area contributed by atoms with E-state index in [-0.39, 0.29) is 12.5 Å². The van der Waals surface area contributed by atoms with E-state index >= 15 is 0 Å². The minimum absolute atomic E-state index is 0.139. The summed E-state index contributed by atoms with van der Waals surface area (Å²) in [6.07, 6.45) is 5.88. The Kier molecular flexibility index (Phi) is 6.12. The van der Waals surface area contributed by atoms with Gasteiger partial charge in [0.2, 0.25) is 0 Å². The van der Waals surface area contributed by atoms with Gasteiger partial charge < -0.3 is 24.2 Å². The number of pyridine rings is 2. The normalized spacial score (nSPS) is 18.0. The van der Waals surface area contributed by atoms with Crippen LogP contribution in [0.5, 0.6) is 0 Å². The third kappa shape index (κ3) is 4.56. The first-order chi connectivity index (χ1) is 16.9. The molecule has 0 saturated carbocycles. The molecule has 0 aliphatic carbocycles. The molecule has 5 rings (SSSR count). The van der Waals surface area contributed by atoms with Gasteiger partial charge in [-0.15, -0.1) is 0 Å². The Morgan fingerprint density at radius 3 is 2.94 bits per heavy atom. The Bertz CT molecular complexity index is 1390. The van der Waals surface area contributed by atoms with Gasteiger partial charge in [-0.05, 0) is 43.7 Å². The van der Waals surface area contributed by atoms with Crippen LogP contribution in [0.15, 0.2) is 49.1 Å². The fourth-order valence-corrected chi connectivity index (χ4v) is 4.93. The summed E-state index contributed by atoms with van der Waals surface area (Å²) < 4.78 is 7.16. The number of carbonyl (C=O) groups is 1. The number of likely N-dealkylation sites (N-methyl/N-ethyl adjacent to an activating group) is 1. The van der Waals surface area contributed by atoms with Gasteiger partial charge in [0.1, 0.15) is 5.60 Å². The largest absolute Gasteiger partial charge is 0.386 e. The molecule has 1 amide bonds. The number of methoxy groups -OCH3 is 1. The van der Waals surface area contributed by atoms with Crippen molar-refractivity contribution in [2.45, 2.75) is 25.5 Å². The fourth-order valence-electron chi connectivity index (χ4n) is 4.93. The van der Waals surface area contributed by atoms with E-state index in [1.54, 1.807) is 37.6 Å². The molecule has 4 heterocycles. The van der Waals surface area contributed by atoms with Gasteiger partial charge >= 0.3 is 0 Å². The molecule has 1 aromatic carbocycles. The van der Waals surface area contributed by atoms with Crippen molar-refractivity contribution in [3.8, 4) is 0 Å². The molecule has 9 nitrogen and oxygen atoms in total. The minimum Gasteiger partial charge on any atom is -0.386 e. The summed E-state index contributed by atoms with van der Waals surface area (Å²) in [6, 6.07) is 9.47. The van der Waals surface area contributed by atoms with E-state index in [1.165, 1.54) is 0 Å². The van der Waals surface area contributed by atoms with Crippen molar-refractivity contribution in [1.82, 2.24) is 24.4 Å². The zero-order valence-electron chi connectivity index (χ0n) is 20.3. The van der Waals surface area contributed by atoms with Crippen molar-refractivity contribution in [2.75, 3.05) is 45.3 Å². The lowest BCUT2D eigenvalue weighted by atomic mass is 10.0. The van der Waals surface area contributed by atoms with Gasteiger partial charge in [0.25, 0.3) is 5.91 Å². The number of anilines is 1. The number of β-amino-alcohol motifs (C(OH)–C–C–N with tert-alkyl or cyclic N) is 1. The Labute approximate surface area is 204 Å². The van der Waals surface area contributed by atoms with Crippen LogP contribution in [0.25, 0.3) is 21.9 Å². The maximum atomic E-state index is 13.2. The molecule has 182 valence electrons. The highest BCUT2D eigenvalue weighted by atomic mass is 16.5. The van der Waals surface area contributed by atoms with Crippen LogP contribution in [0.1, 0.15) is 22.5 Å². The van der Waals surface area contributed by atoms with Gasteiger partial charge in [-0.3, -0.25) is 14.8 Å². The predicted molar refractivity (Wildman–Crippen MR) is 135 cm³/mol. The number of hydrogen-bond acceptors (Lipinski definition) is 7. The lowest BCUT2D eigenvalue weighted by Gasteiger charge is -2.29. The highest BCUT2D eigenvalue weighted by Crippen LogP contribution is 2.32. The van der Waals surface area contributed by atoms with Gasteiger partial charge in [0.15, 0.2) is 0 Å². The number of hydrogen-bond donors (Lipinski definition) is 1. The summed E-state index contributed by atoms with van der Waals surface area (Å²) >= 11 is 0. The van der Waals surface area contributed by atoms with Crippen molar-refractivity contribution < 1.29 is 14.6 Å². The second-order valence-corrected chi connectivity index (χ2v) is 9.37. The topological polar surface area (TPSA) is 96.6 Å². The Morgan fingerprint density at radius 2 is 2.11 bits per heavy atom. The van der Waals surface area contributed by atoms with Gasteiger partial charge in [-0.25, -0.2) is 4.98 Å². The van der Waals surface area contributed by atoms with E-state index in [0.29, 0.717) is 38.2 Å². The number of aromatic nitrogens is 4. The minimum atomic E-state index is -1.01. The summed E-state index contributed by atoms with van der Waals surface area (Å²) in [5.74, 6) is -0.139. The maximum absolute atomic E-state index is 13.2. The summed E-state index contributed by atoms with van der Waals surface area (Å²) in [5.41, 5.74) is 4.08. The molecule has 0 bridgehead atoms.